The Morgan fingerprint density at radius 3 is 2.36 bits per heavy atom. The lowest BCUT2D eigenvalue weighted by atomic mass is 10.1. The quantitative estimate of drug-likeness (QED) is 0.683. The van der Waals surface area contributed by atoms with Crippen LogP contribution in [0.15, 0.2) is 23.0 Å². The van der Waals surface area contributed by atoms with E-state index in [1.165, 1.54) is 25.7 Å². The number of rotatable bonds is 10. The Kier molecular flexibility index (Phi) is 7.51. The summed E-state index contributed by atoms with van der Waals surface area (Å²) < 4.78 is 5.56. The molecule has 2 aromatic rings. The van der Waals surface area contributed by atoms with Crippen LogP contribution in [-0.2, 0) is 6.54 Å². The number of aryl methyl sites for hydroxylation is 1. The zero-order valence-corrected chi connectivity index (χ0v) is 16.2. The van der Waals surface area contributed by atoms with Gasteiger partial charge in [-0.1, -0.05) is 26.7 Å². The van der Waals surface area contributed by atoms with Crippen LogP contribution in [0.4, 0.5) is 0 Å². The van der Waals surface area contributed by atoms with Crippen molar-refractivity contribution >= 4 is 10.9 Å². The number of aromatic amines is 1. The molecule has 0 bridgehead atoms. The molecule has 138 valence electrons. The highest BCUT2D eigenvalue weighted by atomic mass is 16.5. The normalized spacial score (nSPS) is 11.4. The van der Waals surface area contributed by atoms with Gasteiger partial charge in [-0.05, 0) is 58.0 Å². The zero-order chi connectivity index (χ0) is 18.2. The van der Waals surface area contributed by atoms with Gasteiger partial charge in [0.15, 0.2) is 5.43 Å². The molecule has 0 saturated heterocycles. The summed E-state index contributed by atoms with van der Waals surface area (Å²) in [5.74, 6) is 0.754. The van der Waals surface area contributed by atoms with E-state index in [1.54, 1.807) is 0 Å². The molecule has 1 N–H and O–H groups in total. The molecule has 2 rings (SSSR count). The first kappa shape index (κ1) is 19.5. The maximum Gasteiger partial charge on any atom is 0.194 e. The van der Waals surface area contributed by atoms with Crippen LogP contribution in [0.2, 0.25) is 0 Å². The van der Waals surface area contributed by atoms with Crippen LogP contribution in [0.25, 0.3) is 10.9 Å². The number of benzene rings is 1. The van der Waals surface area contributed by atoms with Crippen molar-refractivity contribution in [3.05, 3.63) is 39.7 Å². The summed E-state index contributed by atoms with van der Waals surface area (Å²) in [6.07, 6.45) is 4.69. The second kappa shape index (κ2) is 9.62. The Labute approximate surface area is 151 Å². The van der Waals surface area contributed by atoms with Gasteiger partial charge >= 0.3 is 0 Å². The Balaban J connectivity index is 2.36. The van der Waals surface area contributed by atoms with Crippen LogP contribution in [0.3, 0.4) is 0 Å². The van der Waals surface area contributed by atoms with Crippen molar-refractivity contribution in [3.63, 3.8) is 0 Å². The van der Waals surface area contributed by atoms with Gasteiger partial charge in [-0.2, -0.15) is 0 Å². The predicted octanol–water partition coefficient (Wildman–Crippen LogP) is 4.64. The molecule has 0 fully saturated rings. The minimum Gasteiger partial charge on any atom is -0.494 e. The molecular formula is C21H32N2O2. The number of nitrogens with zero attached hydrogens (tertiary/aromatic N) is 1. The van der Waals surface area contributed by atoms with E-state index >= 15 is 0 Å². The fraction of sp³-hybridized carbons (Fsp3) is 0.571. The van der Waals surface area contributed by atoms with Crippen LogP contribution in [-0.4, -0.2) is 29.6 Å². The number of nitrogens with one attached hydrogen (secondary N) is 1. The summed E-state index contributed by atoms with van der Waals surface area (Å²) in [7, 11) is 0. The highest BCUT2D eigenvalue weighted by Gasteiger charge is 2.14. The van der Waals surface area contributed by atoms with Crippen molar-refractivity contribution in [1.82, 2.24) is 9.88 Å². The Bertz CT molecular complexity index is 728. The highest BCUT2D eigenvalue weighted by molar-refractivity contribution is 5.81. The minimum absolute atomic E-state index is 0.130. The minimum atomic E-state index is 0.130. The first-order chi connectivity index (χ1) is 12.1. The van der Waals surface area contributed by atoms with Crippen LogP contribution in [0.1, 0.15) is 57.7 Å². The molecule has 0 atom stereocenters. The smallest absolute Gasteiger partial charge is 0.194 e. The molecule has 1 heterocycles. The standard InChI is InChI=1S/C21H32N2O2/c1-5-8-12-23(13-9-6-2)15-19-16(4)22-20-11-10-17(25-7-3)14-18(20)21(19)24/h10-11,14H,5-9,12-13,15H2,1-4H3,(H,22,24). The molecule has 0 aliphatic rings. The predicted molar refractivity (Wildman–Crippen MR) is 106 cm³/mol. The summed E-state index contributed by atoms with van der Waals surface area (Å²) in [6, 6.07) is 5.71. The SMILES string of the molecule is CCCCN(CCCC)Cc1c(C)[nH]c2ccc(OCC)cc2c1=O. The lowest BCUT2D eigenvalue weighted by Gasteiger charge is -2.23. The van der Waals surface area contributed by atoms with E-state index in [0.717, 1.165) is 47.5 Å². The first-order valence-corrected chi connectivity index (χ1v) is 9.61. The van der Waals surface area contributed by atoms with Crippen molar-refractivity contribution in [2.24, 2.45) is 0 Å². The van der Waals surface area contributed by atoms with E-state index in [-0.39, 0.29) is 5.43 Å². The second-order valence-electron chi connectivity index (χ2n) is 6.68. The largest absolute Gasteiger partial charge is 0.494 e. The van der Waals surface area contributed by atoms with Crippen LogP contribution < -0.4 is 10.2 Å². The summed E-state index contributed by atoms with van der Waals surface area (Å²) in [5.41, 5.74) is 2.86. The highest BCUT2D eigenvalue weighted by Crippen LogP contribution is 2.19. The van der Waals surface area contributed by atoms with Gasteiger partial charge in [0.05, 0.1) is 6.61 Å². The lowest BCUT2D eigenvalue weighted by Crippen LogP contribution is -2.29. The van der Waals surface area contributed by atoms with Crippen molar-refractivity contribution in [2.75, 3.05) is 19.7 Å². The van der Waals surface area contributed by atoms with Crippen LogP contribution >= 0.6 is 0 Å². The van der Waals surface area contributed by atoms with Crippen molar-refractivity contribution < 1.29 is 4.74 Å². The molecular weight excluding hydrogens is 312 g/mol. The van der Waals surface area contributed by atoms with Crippen molar-refractivity contribution in [1.29, 1.82) is 0 Å². The van der Waals surface area contributed by atoms with E-state index in [4.69, 9.17) is 4.74 Å². The molecule has 0 amide bonds. The summed E-state index contributed by atoms with van der Waals surface area (Å²) >= 11 is 0. The molecule has 0 saturated carbocycles. The summed E-state index contributed by atoms with van der Waals surface area (Å²) in [6.45, 7) is 11.8. The third kappa shape index (κ3) is 5.08. The molecule has 25 heavy (non-hydrogen) atoms. The lowest BCUT2D eigenvalue weighted by molar-refractivity contribution is 0.256. The maximum atomic E-state index is 13.1. The molecule has 0 aliphatic heterocycles. The Morgan fingerprint density at radius 1 is 1.08 bits per heavy atom. The molecule has 0 radical (unpaired) electrons. The number of fused-ring (bicyclic) bond motifs is 1. The third-order valence-electron chi connectivity index (χ3n) is 4.63. The number of H-pyrrole nitrogens is 1. The maximum absolute atomic E-state index is 13.1. The number of hydrogen-bond donors (Lipinski definition) is 1. The topological polar surface area (TPSA) is 45.3 Å². The second-order valence-corrected chi connectivity index (χ2v) is 6.68. The van der Waals surface area contributed by atoms with Crippen molar-refractivity contribution in [3.8, 4) is 5.75 Å². The van der Waals surface area contributed by atoms with Crippen LogP contribution in [0.5, 0.6) is 5.75 Å². The van der Waals surface area contributed by atoms with Gasteiger partial charge in [0.2, 0.25) is 0 Å². The number of unbranched alkanes of at least 4 members (excludes halogenated alkanes) is 2. The number of hydrogen-bond acceptors (Lipinski definition) is 3. The molecule has 1 aromatic carbocycles. The molecule has 4 nitrogen and oxygen atoms in total. The average Bonchev–Trinajstić information content (AvgIpc) is 2.61. The molecule has 0 spiro atoms. The Morgan fingerprint density at radius 2 is 1.76 bits per heavy atom. The number of pyridine rings is 1. The van der Waals surface area contributed by atoms with E-state index in [9.17, 15) is 4.79 Å². The fourth-order valence-corrected chi connectivity index (χ4v) is 3.13. The van der Waals surface area contributed by atoms with E-state index in [2.05, 4.69) is 23.7 Å². The van der Waals surface area contributed by atoms with Gasteiger partial charge in [0, 0.05) is 28.7 Å². The number of ether oxygens (including phenoxy) is 1. The third-order valence-corrected chi connectivity index (χ3v) is 4.63. The van der Waals surface area contributed by atoms with Gasteiger partial charge in [-0.3, -0.25) is 9.69 Å². The molecule has 1 aromatic heterocycles. The summed E-state index contributed by atoms with van der Waals surface area (Å²) in [4.78, 5) is 18.9. The molecule has 0 unspecified atom stereocenters. The van der Waals surface area contributed by atoms with Gasteiger partial charge < -0.3 is 9.72 Å². The van der Waals surface area contributed by atoms with Gasteiger partial charge in [0.25, 0.3) is 0 Å². The molecule has 0 aliphatic carbocycles. The fourth-order valence-electron chi connectivity index (χ4n) is 3.13. The van der Waals surface area contributed by atoms with E-state index in [1.807, 2.05) is 32.0 Å². The van der Waals surface area contributed by atoms with Crippen molar-refractivity contribution in [2.45, 2.75) is 59.9 Å². The van der Waals surface area contributed by atoms with Crippen LogP contribution in [0, 0.1) is 6.92 Å². The monoisotopic (exact) mass is 344 g/mol. The Hall–Kier alpha value is -1.81. The van der Waals surface area contributed by atoms with Gasteiger partial charge in [-0.15, -0.1) is 0 Å². The average molecular weight is 344 g/mol. The first-order valence-electron chi connectivity index (χ1n) is 9.61. The summed E-state index contributed by atoms with van der Waals surface area (Å²) in [5, 5.41) is 0.720. The van der Waals surface area contributed by atoms with E-state index in [0.29, 0.717) is 6.61 Å². The van der Waals surface area contributed by atoms with E-state index < -0.39 is 0 Å². The number of aromatic nitrogens is 1. The molecule has 4 heteroatoms. The van der Waals surface area contributed by atoms with Gasteiger partial charge in [0.1, 0.15) is 5.75 Å². The van der Waals surface area contributed by atoms with Gasteiger partial charge in [-0.25, -0.2) is 0 Å². The zero-order valence-electron chi connectivity index (χ0n) is 16.2.